The summed E-state index contributed by atoms with van der Waals surface area (Å²) >= 11 is 0. The molecular weight excluding hydrogens is 904 g/mol. The van der Waals surface area contributed by atoms with Crippen molar-refractivity contribution in [3.05, 3.63) is 239 Å². The Balaban J connectivity index is 1.25. The minimum absolute atomic E-state index is 0.0601. The Bertz CT molecular complexity index is 3760. The monoisotopic (exact) mass is 951 g/mol. The van der Waals surface area contributed by atoms with Crippen LogP contribution >= 0.6 is 0 Å². The molecule has 2 heterocycles. The summed E-state index contributed by atoms with van der Waals surface area (Å²) in [4.78, 5) is 0. The van der Waals surface area contributed by atoms with Crippen molar-refractivity contribution in [1.29, 1.82) is 5.26 Å². The van der Waals surface area contributed by atoms with Gasteiger partial charge in [0.1, 0.15) is 11.6 Å². The van der Waals surface area contributed by atoms with E-state index in [9.17, 15) is 5.26 Å². The summed E-state index contributed by atoms with van der Waals surface area (Å²) in [5.74, 6) is 0. The van der Waals surface area contributed by atoms with Gasteiger partial charge in [0.25, 0.3) is 0 Å². The summed E-state index contributed by atoms with van der Waals surface area (Å²) < 4.78 is 50.7. The summed E-state index contributed by atoms with van der Waals surface area (Å²) in [5.41, 5.74) is 17.2. The van der Waals surface area contributed by atoms with Crippen LogP contribution in [-0.2, 0) is 6.18 Å². The average molecular weight is 952 g/mol. The predicted octanol–water partition coefficient (Wildman–Crippen LogP) is 18.6. The van der Waals surface area contributed by atoms with E-state index in [0.717, 1.165) is 116 Å². The molecule has 0 bridgehead atoms. The van der Waals surface area contributed by atoms with Crippen LogP contribution in [0.5, 0.6) is 0 Å². The zero-order valence-electron chi connectivity index (χ0n) is 41.0. The number of fused-ring (bicyclic) bond motifs is 6. The van der Waals surface area contributed by atoms with E-state index in [0.29, 0.717) is 28.1 Å². The van der Waals surface area contributed by atoms with Gasteiger partial charge in [-0.2, -0.15) is 18.4 Å². The molecular formula is C67H48F3N3. The van der Waals surface area contributed by atoms with Crippen molar-refractivity contribution in [2.75, 3.05) is 0 Å². The molecule has 12 aromatic rings. The van der Waals surface area contributed by atoms with E-state index in [1.54, 1.807) is 25.1 Å². The number of alkyl halides is 3. The van der Waals surface area contributed by atoms with E-state index >= 15 is 13.2 Å². The van der Waals surface area contributed by atoms with E-state index in [-0.39, 0.29) is 5.56 Å². The normalized spacial score (nSPS) is 11.8. The van der Waals surface area contributed by atoms with Gasteiger partial charge in [-0.1, -0.05) is 180 Å². The summed E-state index contributed by atoms with van der Waals surface area (Å²) in [7, 11) is 0. The van der Waals surface area contributed by atoms with E-state index in [4.69, 9.17) is 0 Å². The van der Waals surface area contributed by atoms with Gasteiger partial charge in [-0.3, -0.25) is 0 Å². The van der Waals surface area contributed by atoms with Crippen molar-refractivity contribution < 1.29 is 13.2 Å². The molecule has 0 saturated carbocycles. The second-order valence-electron chi connectivity index (χ2n) is 19.6. The van der Waals surface area contributed by atoms with Crippen molar-refractivity contribution in [2.45, 2.75) is 40.8 Å². The summed E-state index contributed by atoms with van der Waals surface area (Å²) in [6.07, 6.45) is -4.67. The zero-order valence-corrected chi connectivity index (χ0v) is 41.0. The van der Waals surface area contributed by atoms with E-state index in [1.165, 1.54) is 6.07 Å². The van der Waals surface area contributed by atoms with Crippen LogP contribution in [-0.4, -0.2) is 9.13 Å². The van der Waals surface area contributed by atoms with Crippen LogP contribution in [0.2, 0.25) is 0 Å². The molecule has 0 fully saturated rings. The number of aryl methyl sites for hydroxylation is 5. The molecule has 73 heavy (non-hydrogen) atoms. The van der Waals surface area contributed by atoms with Gasteiger partial charge in [-0.05, 0) is 138 Å². The van der Waals surface area contributed by atoms with Gasteiger partial charge in [-0.15, -0.1) is 0 Å². The standard InChI is InChI=1S/C67H48F3N3/c1-40-9-17-45(18-10-40)49-25-29-54-55-30-26-50(46-19-11-41(2)12-20-46)34-61(55)72(60(54)33-49)64-37-53(66-44(5)7-6-8-59(66)67(68,69)70)38-65(58(64)39-71)73-62-35-51(47-21-13-42(3)14-22-47)27-31-56(62)57-32-28-52(36-63(57)73)48-23-15-43(4)16-24-48/h6-38H,1-5H3. The lowest BCUT2D eigenvalue weighted by atomic mass is 9.92. The van der Waals surface area contributed by atoms with E-state index in [2.05, 4.69) is 213 Å². The molecule has 10 aromatic carbocycles. The number of halogens is 3. The second-order valence-corrected chi connectivity index (χ2v) is 19.6. The molecule has 0 aliphatic rings. The number of nitrogens with zero attached hydrogens (tertiary/aromatic N) is 3. The molecule has 6 heteroatoms. The van der Waals surface area contributed by atoms with Crippen LogP contribution in [0.1, 0.15) is 38.9 Å². The highest BCUT2D eigenvalue weighted by atomic mass is 19.4. The van der Waals surface area contributed by atoms with Crippen molar-refractivity contribution in [2.24, 2.45) is 0 Å². The highest BCUT2D eigenvalue weighted by molar-refractivity contribution is 6.13. The first-order valence-electron chi connectivity index (χ1n) is 24.5. The summed E-state index contributed by atoms with van der Waals surface area (Å²) in [6.45, 7) is 9.98. The lowest BCUT2D eigenvalue weighted by Crippen LogP contribution is -2.10. The highest BCUT2D eigenvalue weighted by Crippen LogP contribution is 2.46. The fraction of sp³-hybridized carbons (Fsp3) is 0.0896. The maximum Gasteiger partial charge on any atom is 0.417 e. The Morgan fingerprint density at radius 1 is 0.356 bits per heavy atom. The number of benzene rings is 10. The van der Waals surface area contributed by atoms with Crippen molar-refractivity contribution >= 4 is 43.6 Å². The van der Waals surface area contributed by atoms with Crippen LogP contribution in [0.25, 0.3) is 111 Å². The van der Waals surface area contributed by atoms with E-state index in [1.807, 2.05) is 0 Å². The van der Waals surface area contributed by atoms with Gasteiger partial charge in [0, 0.05) is 21.5 Å². The molecule has 0 N–H and O–H groups in total. The molecule has 352 valence electrons. The third-order valence-electron chi connectivity index (χ3n) is 14.6. The van der Waals surface area contributed by atoms with Crippen LogP contribution in [0.3, 0.4) is 0 Å². The summed E-state index contributed by atoms with van der Waals surface area (Å²) in [6, 6.07) is 69.8. The molecule has 12 rings (SSSR count). The predicted molar refractivity (Wildman–Crippen MR) is 296 cm³/mol. The number of rotatable bonds is 7. The Hall–Kier alpha value is -8.92. The lowest BCUT2D eigenvalue weighted by Gasteiger charge is -2.21. The van der Waals surface area contributed by atoms with Gasteiger partial charge in [0.05, 0.1) is 39.0 Å². The third-order valence-corrected chi connectivity index (χ3v) is 14.6. The fourth-order valence-electron chi connectivity index (χ4n) is 10.8. The second kappa shape index (κ2) is 17.4. The van der Waals surface area contributed by atoms with Crippen molar-refractivity contribution in [3.63, 3.8) is 0 Å². The van der Waals surface area contributed by atoms with Gasteiger partial charge < -0.3 is 9.13 Å². The smallest absolute Gasteiger partial charge is 0.308 e. The SMILES string of the molecule is Cc1ccc(-c2ccc3c4ccc(-c5ccc(C)cc5)cc4n(-c4cc(-c5c(C)cccc5C(F)(F)F)cc(-n5c6cc(-c7ccc(C)cc7)ccc6c6ccc(-c7ccc(C)cc7)cc65)c4C#N)c3c2)cc1. The number of hydrogen-bond donors (Lipinski definition) is 0. The van der Waals surface area contributed by atoms with Crippen LogP contribution in [0.15, 0.2) is 200 Å². The molecule has 3 nitrogen and oxygen atoms in total. The molecule has 0 aliphatic carbocycles. The first kappa shape index (κ1) is 45.2. The van der Waals surface area contributed by atoms with Gasteiger partial charge >= 0.3 is 6.18 Å². The third kappa shape index (κ3) is 7.86. The molecule has 0 atom stereocenters. The Labute approximate surface area is 422 Å². The maximum atomic E-state index is 15.5. The Kier molecular flexibility index (Phi) is 10.8. The van der Waals surface area contributed by atoms with Gasteiger partial charge in [0.2, 0.25) is 0 Å². The number of aromatic nitrogens is 2. The number of nitriles is 1. The fourth-order valence-corrected chi connectivity index (χ4v) is 10.8. The minimum atomic E-state index is -4.67. The minimum Gasteiger partial charge on any atom is -0.308 e. The van der Waals surface area contributed by atoms with Crippen molar-refractivity contribution in [1.82, 2.24) is 9.13 Å². The molecule has 0 saturated heterocycles. The molecule has 0 radical (unpaired) electrons. The molecule has 2 aromatic heterocycles. The largest absolute Gasteiger partial charge is 0.417 e. The summed E-state index contributed by atoms with van der Waals surface area (Å²) in [5, 5.41) is 15.8. The van der Waals surface area contributed by atoms with Crippen LogP contribution < -0.4 is 0 Å². The highest BCUT2D eigenvalue weighted by Gasteiger charge is 2.35. The average Bonchev–Trinajstić information content (AvgIpc) is 3.89. The zero-order chi connectivity index (χ0) is 50.3. The van der Waals surface area contributed by atoms with Gasteiger partial charge in [0.15, 0.2) is 0 Å². The van der Waals surface area contributed by atoms with Crippen molar-refractivity contribution in [3.8, 4) is 73.1 Å². The molecule has 0 amide bonds. The maximum absolute atomic E-state index is 15.5. The Morgan fingerprint density at radius 3 is 0.945 bits per heavy atom. The molecule has 0 unspecified atom stereocenters. The van der Waals surface area contributed by atoms with Crippen LogP contribution in [0.4, 0.5) is 13.2 Å². The first-order chi connectivity index (χ1) is 35.3. The Morgan fingerprint density at radius 2 is 0.658 bits per heavy atom. The van der Waals surface area contributed by atoms with Gasteiger partial charge in [-0.25, -0.2) is 0 Å². The van der Waals surface area contributed by atoms with E-state index < -0.39 is 11.7 Å². The quantitative estimate of drug-likeness (QED) is 0.157. The molecule has 0 spiro atoms. The van der Waals surface area contributed by atoms with Crippen LogP contribution in [0, 0.1) is 45.9 Å². The topological polar surface area (TPSA) is 33.6 Å². The lowest BCUT2D eigenvalue weighted by molar-refractivity contribution is -0.137. The molecule has 0 aliphatic heterocycles. The number of hydrogen-bond acceptors (Lipinski definition) is 1. The first-order valence-corrected chi connectivity index (χ1v) is 24.5.